The maximum absolute atomic E-state index is 12.5. The van der Waals surface area contributed by atoms with Crippen molar-refractivity contribution >= 4 is 29.4 Å². The molecule has 3 aromatic rings. The van der Waals surface area contributed by atoms with E-state index in [9.17, 15) is 4.79 Å². The summed E-state index contributed by atoms with van der Waals surface area (Å²) in [6.07, 6.45) is 4.89. The predicted molar refractivity (Wildman–Crippen MR) is 118 cm³/mol. The number of carbonyl (C=O) groups is 1. The summed E-state index contributed by atoms with van der Waals surface area (Å²) in [5.74, 6) is 1.92. The van der Waals surface area contributed by atoms with Crippen molar-refractivity contribution in [1.29, 1.82) is 0 Å². The number of anilines is 1. The Balaban J connectivity index is 1.74. The molecule has 1 N–H and O–H groups in total. The number of ether oxygens (including phenoxy) is 2. The van der Waals surface area contributed by atoms with Gasteiger partial charge in [-0.05, 0) is 35.9 Å². The van der Waals surface area contributed by atoms with Gasteiger partial charge in [-0.3, -0.25) is 4.79 Å². The van der Waals surface area contributed by atoms with Crippen LogP contribution in [0, 0.1) is 0 Å². The van der Waals surface area contributed by atoms with Crippen LogP contribution in [0.1, 0.15) is 5.56 Å². The lowest BCUT2D eigenvalue weighted by atomic mass is 10.1. The summed E-state index contributed by atoms with van der Waals surface area (Å²) in [4.78, 5) is 12.5. The maximum Gasteiger partial charge on any atom is 0.277 e. The van der Waals surface area contributed by atoms with Gasteiger partial charge in [0, 0.05) is 11.8 Å². The molecule has 1 aromatic heterocycles. The number of nitrogens with zero attached hydrogens (tertiary/aromatic N) is 2. The zero-order valence-electron chi connectivity index (χ0n) is 16.6. The van der Waals surface area contributed by atoms with Crippen molar-refractivity contribution < 1.29 is 18.7 Å². The lowest BCUT2D eigenvalue weighted by Gasteiger charge is -2.08. The highest BCUT2D eigenvalue weighted by Gasteiger charge is 2.13. The predicted octanol–water partition coefficient (Wildman–Crippen LogP) is 4.68. The smallest absolute Gasteiger partial charge is 0.277 e. The van der Waals surface area contributed by atoms with E-state index in [2.05, 4.69) is 22.1 Å². The van der Waals surface area contributed by atoms with E-state index in [1.807, 2.05) is 24.3 Å². The van der Waals surface area contributed by atoms with E-state index in [1.54, 1.807) is 44.6 Å². The van der Waals surface area contributed by atoms with Crippen LogP contribution in [0.3, 0.4) is 0 Å². The van der Waals surface area contributed by atoms with Gasteiger partial charge in [0.25, 0.3) is 11.1 Å². The van der Waals surface area contributed by atoms with Gasteiger partial charge in [0.2, 0.25) is 5.91 Å². The first-order chi connectivity index (χ1) is 14.6. The highest BCUT2D eigenvalue weighted by atomic mass is 32.2. The molecule has 0 bridgehead atoms. The number of methoxy groups -OCH3 is 2. The fraction of sp³-hybridized carbons (Fsp3) is 0.136. The average molecular weight is 423 g/mol. The van der Waals surface area contributed by atoms with Crippen molar-refractivity contribution in [3.8, 4) is 23.0 Å². The van der Waals surface area contributed by atoms with E-state index in [4.69, 9.17) is 13.9 Å². The molecule has 0 aliphatic carbocycles. The molecule has 1 heterocycles. The summed E-state index contributed by atoms with van der Waals surface area (Å²) in [7, 11) is 3.14. The fourth-order valence-electron chi connectivity index (χ4n) is 2.59. The van der Waals surface area contributed by atoms with E-state index < -0.39 is 0 Å². The summed E-state index contributed by atoms with van der Waals surface area (Å²) in [5.41, 5.74) is 2.02. The molecule has 154 valence electrons. The second kappa shape index (κ2) is 10.3. The second-order valence-corrected chi connectivity index (χ2v) is 6.93. The number of amides is 1. The van der Waals surface area contributed by atoms with E-state index in [0.717, 1.165) is 5.56 Å². The van der Waals surface area contributed by atoms with Crippen LogP contribution in [-0.4, -0.2) is 36.1 Å². The van der Waals surface area contributed by atoms with E-state index in [-0.39, 0.29) is 5.91 Å². The fourth-order valence-corrected chi connectivity index (χ4v) is 3.09. The average Bonchev–Trinajstić information content (AvgIpc) is 3.25. The minimum atomic E-state index is -0.294. The van der Waals surface area contributed by atoms with E-state index in [0.29, 0.717) is 39.6 Å². The molecule has 3 rings (SSSR count). The molecule has 0 atom stereocenters. The Morgan fingerprint density at radius 3 is 2.73 bits per heavy atom. The number of benzene rings is 2. The SMILES string of the molecule is C=CCSc1nnc(-c2ccccc2NC(=O)C=Cc2ccc(OC)c(OC)c2)o1. The number of thioether (sulfide) groups is 1. The van der Waals surface area contributed by atoms with Crippen LogP contribution in [0.4, 0.5) is 5.69 Å². The zero-order chi connectivity index (χ0) is 21.3. The highest BCUT2D eigenvalue weighted by molar-refractivity contribution is 7.99. The molecule has 0 spiro atoms. The van der Waals surface area contributed by atoms with Crippen LogP contribution in [0.2, 0.25) is 0 Å². The molecule has 2 aromatic carbocycles. The van der Waals surface area contributed by atoms with Gasteiger partial charge >= 0.3 is 0 Å². The quantitative estimate of drug-likeness (QED) is 0.304. The largest absolute Gasteiger partial charge is 0.493 e. The van der Waals surface area contributed by atoms with Gasteiger partial charge in [0.05, 0.1) is 25.5 Å². The van der Waals surface area contributed by atoms with Crippen LogP contribution in [0.15, 0.2) is 70.8 Å². The number of nitrogens with one attached hydrogen (secondary N) is 1. The lowest BCUT2D eigenvalue weighted by Crippen LogP contribution is -2.08. The molecule has 0 saturated carbocycles. The van der Waals surface area contributed by atoms with Gasteiger partial charge in [-0.2, -0.15) is 0 Å². The molecule has 1 amide bonds. The molecule has 0 saturated heterocycles. The monoisotopic (exact) mass is 423 g/mol. The molecule has 0 unspecified atom stereocenters. The Labute approximate surface area is 178 Å². The van der Waals surface area contributed by atoms with Gasteiger partial charge in [-0.1, -0.05) is 36.0 Å². The number of aromatic nitrogens is 2. The van der Waals surface area contributed by atoms with Gasteiger partial charge in [-0.25, -0.2) is 0 Å². The Kier molecular flexibility index (Phi) is 7.29. The Morgan fingerprint density at radius 1 is 1.17 bits per heavy atom. The van der Waals surface area contributed by atoms with Crippen LogP contribution in [-0.2, 0) is 4.79 Å². The molecular weight excluding hydrogens is 402 g/mol. The van der Waals surface area contributed by atoms with Crippen molar-refractivity contribution in [2.75, 3.05) is 25.3 Å². The first kappa shape index (κ1) is 21.2. The number of hydrogen-bond acceptors (Lipinski definition) is 7. The van der Waals surface area contributed by atoms with Gasteiger partial charge in [0.15, 0.2) is 11.5 Å². The first-order valence-corrected chi connectivity index (χ1v) is 10.0. The van der Waals surface area contributed by atoms with Gasteiger partial charge < -0.3 is 19.2 Å². The van der Waals surface area contributed by atoms with Crippen molar-refractivity contribution in [2.24, 2.45) is 0 Å². The van der Waals surface area contributed by atoms with E-state index >= 15 is 0 Å². The minimum Gasteiger partial charge on any atom is -0.493 e. The number of carbonyl (C=O) groups excluding carboxylic acids is 1. The lowest BCUT2D eigenvalue weighted by molar-refractivity contribution is -0.111. The molecule has 0 aliphatic heterocycles. The van der Waals surface area contributed by atoms with E-state index in [1.165, 1.54) is 17.8 Å². The third-order valence-corrected chi connectivity index (χ3v) is 4.80. The second-order valence-electron chi connectivity index (χ2n) is 5.96. The van der Waals surface area contributed by atoms with Gasteiger partial charge in [-0.15, -0.1) is 16.8 Å². The number of para-hydroxylation sites is 1. The van der Waals surface area contributed by atoms with Crippen molar-refractivity contribution in [1.82, 2.24) is 10.2 Å². The number of rotatable bonds is 9. The standard InChI is InChI=1S/C22H21N3O4S/c1-4-13-30-22-25-24-21(29-22)16-7-5-6-8-17(16)23-20(26)12-10-15-9-11-18(27-2)19(14-15)28-3/h4-12,14H,1,13H2,2-3H3,(H,23,26). The third kappa shape index (κ3) is 5.30. The highest BCUT2D eigenvalue weighted by Crippen LogP contribution is 2.30. The van der Waals surface area contributed by atoms with Gasteiger partial charge in [0.1, 0.15) is 0 Å². The molecule has 7 nitrogen and oxygen atoms in total. The molecular formula is C22H21N3O4S. The maximum atomic E-state index is 12.5. The summed E-state index contributed by atoms with van der Waals surface area (Å²) >= 11 is 1.39. The Morgan fingerprint density at radius 2 is 1.97 bits per heavy atom. The third-order valence-electron chi connectivity index (χ3n) is 3.98. The Bertz CT molecular complexity index is 1060. The number of hydrogen-bond donors (Lipinski definition) is 1. The van der Waals surface area contributed by atoms with Crippen LogP contribution in [0.25, 0.3) is 17.5 Å². The summed E-state index contributed by atoms with van der Waals surface area (Å²) < 4.78 is 16.2. The Hall–Kier alpha value is -3.52. The first-order valence-electron chi connectivity index (χ1n) is 9.02. The van der Waals surface area contributed by atoms with Crippen LogP contribution < -0.4 is 14.8 Å². The molecule has 0 fully saturated rings. The van der Waals surface area contributed by atoms with Crippen LogP contribution in [0.5, 0.6) is 11.5 Å². The molecule has 8 heteroatoms. The molecule has 30 heavy (non-hydrogen) atoms. The summed E-state index contributed by atoms with van der Waals surface area (Å²) in [6, 6.07) is 12.6. The molecule has 0 radical (unpaired) electrons. The van der Waals surface area contributed by atoms with Crippen molar-refractivity contribution in [2.45, 2.75) is 5.22 Å². The summed E-state index contributed by atoms with van der Waals surface area (Å²) in [6.45, 7) is 3.67. The van der Waals surface area contributed by atoms with Crippen molar-refractivity contribution in [3.63, 3.8) is 0 Å². The zero-order valence-corrected chi connectivity index (χ0v) is 17.4. The van der Waals surface area contributed by atoms with Crippen LogP contribution >= 0.6 is 11.8 Å². The minimum absolute atomic E-state index is 0.294. The summed E-state index contributed by atoms with van der Waals surface area (Å²) in [5, 5.41) is 11.4. The topological polar surface area (TPSA) is 86.5 Å². The van der Waals surface area contributed by atoms with Crippen molar-refractivity contribution in [3.05, 3.63) is 66.8 Å². The molecule has 0 aliphatic rings. The normalized spacial score (nSPS) is 10.7.